The van der Waals surface area contributed by atoms with Gasteiger partial charge in [0, 0.05) is 30.1 Å². The maximum Gasteiger partial charge on any atom is 0.407 e. The van der Waals surface area contributed by atoms with Gasteiger partial charge in [0.15, 0.2) is 18.6 Å². The predicted octanol–water partition coefficient (Wildman–Crippen LogP) is 3.02. The number of aliphatic hydroxyl groups is 1. The molecule has 0 spiro atoms. The number of alkyl carbamates (subject to hydrolysis) is 1. The topological polar surface area (TPSA) is 189 Å². The second kappa shape index (κ2) is 15.9. The lowest BCUT2D eigenvalue weighted by molar-refractivity contribution is -0.151. The number of hydrogen-bond donors (Lipinski definition) is 4. The van der Waals surface area contributed by atoms with Crippen LogP contribution in [0.1, 0.15) is 47.3 Å². The summed E-state index contributed by atoms with van der Waals surface area (Å²) in [7, 11) is 1.13. The zero-order valence-electron chi connectivity index (χ0n) is 25.3. The number of methoxy groups -OCH3 is 1. The molecule has 0 saturated carbocycles. The monoisotopic (exact) mass is 661 g/mol. The van der Waals surface area contributed by atoms with Crippen molar-refractivity contribution in [1.29, 1.82) is 0 Å². The molecule has 16 heteroatoms. The van der Waals surface area contributed by atoms with Crippen molar-refractivity contribution in [3.05, 3.63) is 76.3 Å². The van der Waals surface area contributed by atoms with Crippen LogP contribution in [0.4, 0.5) is 9.18 Å². The highest BCUT2D eigenvalue weighted by atomic mass is 35.5. The van der Waals surface area contributed by atoms with Crippen LogP contribution in [0.3, 0.4) is 0 Å². The number of nitrogens with zero attached hydrogens (tertiary/aromatic N) is 3. The smallest absolute Gasteiger partial charge is 0.407 e. The third-order valence-corrected chi connectivity index (χ3v) is 6.82. The molecule has 4 N–H and O–H groups in total. The molecule has 0 fully saturated rings. The number of hydrogen-bond acceptors (Lipinski definition) is 10. The molecular formula is C30H33ClFN5O9. The van der Waals surface area contributed by atoms with E-state index in [1.165, 1.54) is 25.1 Å². The average molecular weight is 662 g/mol. The maximum absolute atomic E-state index is 14.3. The number of aromatic nitrogens is 2. The molecule has 246 valence electrons. The van der Waals surface area contributed by atoms with Crippen LogP contribution in [-0.2, 0) is 32.3 Å². The van der Waals surface area contributed by atoms with Gasteiger partial charge in [0.25, 0.3) is 5.91 Å². The van der Waals surface area contributed by atoms with E-state index in [0.29, 0.717) is 16.1 Å². The van der Waals surface area contributed by atoms with Gasteiger partial charge in [-0.25, -0.2) is 28.5 Å². The lowest BCUT2D eigenvalue weighted by Crippen LogP contribution is -2.48. The fraction of sp³-hybridized carbons (Fsp3) is 0.333. The van der Waals surface area contributed by atoms with E-state index in [-0.39, 0.29) is 23.5 Å². The van der Waals surface area contributed by atoms with Gasteiger partial charge in [0.05, 0.1) is 13.7 Å². The van der Waals surface area contributed by atoms with Crippen LogP contribution in [0.25, 0.3) is 11.1 Å². The summed E-state index contributed by atoms with van der Waals surface area (Å²) >= 11 is 6.00. The Bertz CT molecular complexity index is 1600. The Balaban J connectivity index is 1.83. The highest BCUT2D eigenvalue weighted by Crippen LogP contribution is 2.26. The van der Waals surface area contributed by atoms with Crippen molar-refractivity contribution in [3.8, 4) is 11.1 Å². The number of Topliss-reactive ketones (excluding diaryl/α,β-unsaturated/α-hetero) is 1. The van der Waals surface area contributed by atoms with E-state index in [0.717, 1.165) is 22.9 Å². The summed E-state index contributed by atoms with van der Waals surface area (Å²) in [5.74, 6) is -4.66. The third-order valence-electron chi connectivity index (χ3n) is 6.59. The molecule has 2 amide bonds. The average Bonchev–Trinajstić information content (AvgIpc) is 3.45. The molecule has 1 heterocycles. The first-order valence-corrected chi connectivity index (χ1v) is 14.2. The number of hydrazine groups is 1. The van der Waals surface area contributed by atoms with Gasteiger partial charge in [-0.05, 0) is 35.2 Å². The van der Waals surface area contributed by atoms with Crippen molar-refractivity contribution in [3.63, 3.8) is 0 Å². The molecule has 2 unspecified atom stereocenters. The molecule has 2 atom stereocenters. The Morgan fingerprint density at radius 1 is 1.09 bits per heavy atom. The zero-order chi connectivity index (χ0) is 34.1. The van der Waals surface area contributed by atoms with Gasteiger partial charge in [0.2, 0.25) is 0 Å². The summed E-state index contributed by atoms with van der Waals surface area (Å²) in [6.07, 6.45) is -2.75. The van der Waals surface area contributed by atoms with Crippen molar-refractivity contribution >= 4 is 41.3 Å². The lowest BCUT2D eigenvalue weighted by atomic mass is 10.0. The van der Waals surface area contributed by atoms with Crippen molar-refractivity contribution < 1.29 is 48.0 Å². The Hall–Kier alpha value is -4.86. The van der Waals surface area contributed by atoms with Gasteiger partial charge in [-0.1, -0.05) is 49.7 Å². The molecule has 0 aliphatic rings. The van der Waals surface area contributed by atoms with E-state index in [1.807, 2.05) is 0 Å². The van der Waals surface area contributed by atoms with Crippen LogP contribution < -0.4 is 10.7 Å². The van der Waals surface area contributed by atoms with Gasteiger partial charge in [0.1, 0.15) is 23.2 Å². The molecule has 46 heavy (non-hydrogen) atoms. The van der Waals surface area contributed by atoms with Gasteiger partial charge in [-0.15, -0.1) is 0 Å². The number of rotatable bonds is 14. The molecule has 3 rings (SSSR count). The Labute approximate surface area is 268 Å². The predicted molar refractivity (Wildman–Crippen MR) is 161 cm³/mol. The largest absolute Gasteiger partial charge is 0.479 e. The van der Waals surface area contributed by atoms with Gasteiger partial charge >= 0.3 is 18.0 Å². The van der Waals surface area contributed by atoms with Gasteiger partial charge in [-0.2, -0.15) is 5.10 Å². The van der Waals surface area contributed by atoms with Crippen LogP contribution in [0.2, 0.25) is 5.02 Å². The standard InChI is InChI=1S/C30H33ClFN5O9/c1-16(2)26(33-30(44)45-4)29(43)46-15-37-24(12-23(34-37)17(3)38)27(40)35-36(14-25(39)28(41)42)13-18-5-7-19(8-6-18)21-11-20(31)9-10-22(21)32/h5-12,16,25-26,39H,13-15H2,1-4H3,(H,33,44)(H,35,40)(H,41,42). The summed E-state index contributed by atoms with van der Waals surface area (Å²) in [5, 5.41) is 27.2. The molecule has 0 aliphatic heterocycles. The van der Waals surface area contributed by atoms with E-state index < -0.39 is 66.9 Å². The van der Waals surface area contributed by atoms with E-state index in [4.69, 9.17) is 16.3 Å². The van der Waals surface area contributed by atoms with Crippen molar-refractivity contribution in [2.45, 2.75) is 46.2 Å². The Morgan fingerprint density at radius 2 is 1.76 bits per heavy atom. The van der Waals surface area contributed by atoms with Crippen molar-refractivity contribution in [2.24, 2.45) is 5.92 Å². The molecule has 3 aromatic rings. The summed E-state index contributed by atoms with van der Waals surface area (Å²) in [5.41, 5.74) is 3.46. The number of carboxylic acid groups (broad SMARTS) is 1. The number of carbonyl (C=O) groups excluding carboxylic acids is 4. The van der Waals surface area contributed by atoms with Crippen molar-refractivity contribution in [2.75, 3.05) is 13.7 Å². The Morgan fingerprint density at radius 3 is 2.35 bits per heavy atom. The fourth-order valence-corrected chi connectivity index (χ4v) is 4.31. The third kappa shape index (κ3) is 9.57. The zero-order valence-corrected chi connectivity index (χ0v) is 26.1. The van der Waals surface area contributed by atoms with E-state index in [1.54, 1.807) is 38.1 Å². The Kier molecular flexibility index (Phi) is 12.3. The second-order valence-corrected chi connectivity index (χ2v) is 10.9. The minimum Gasteiger partial charge on any atom is -0.479 e. The number of amides is 2. The fourth-order valence-electron chi connectivity index (χ4n) is 4.13. The summed E-state index contributed by atoms with van der Waals surface area (Å²) in [6, 6.07) is 10.6. The van der Waals surface area contributed by atoms with E-state index >= 15 is 0 Å². The lowest BCUT2D eigenvalue weighted by Gasteiger charge is -2.25. The minimum atomic E-state index is -1.89. The minimum absolute atomic E-state index is 0.105. The molecule has 0 aliphatic carbocycles. The van der Waals surface area contributed by atoms with Crippen LogP contribution in [0.15, 0.2) is 48.5 Å². The highest BCUT2D eigenvalue weighted by Gasteiger charge is 2.28. The normalized spacial score (nSPS) is 12.4. The summed E-state index contributed by atoms with van der Waals surface area (Å²) in [6.45, 7) is 3.25. The van der Waals surface area contributed by atoms with E-state index in [2.05, 4.69) is 20.6 Å². The molecule has 0 bridgehead atoms. The SMILES string of the molecule is COC(=O)NC(C(=O)OCn1nc(C(C)=O)cc1C(=O)NN(Cc1ccc(-c2cc(Cl)ccc2F)cc1)CC(O)C(=O)O)C(C)C. The number of ether oxygens (including phenoxy) is 2. The number of carboxylic acids is 1. The molecule has 0 saturated heterocycles. The van der Waals surface area contributed by atoms with Crippen LogP contribution in [-0.4, -0.2) is 80.5 Å². The highest BCUT2D eigenvalue weighted by molar-refractivity contribution is 6.30. The first-order chi connectivity index (χ1) is 21.7. The molecule has 0 radical (unpaired) electrons. The molecule has 14 nitrogen and oxygen atoms in total. The van der Waals surface area contributed by atoms with Gasteiger partial charge < -0.3 is 25.0 Å². The second-order valence-electron chi connectivity index (χ2n) is 10.4. The van der Waals surface area contributed by atoms with Crippen LogP contribution in [0.5, 0.6) is 0 Å². The quantitative estimate of drug-likeness (QED) is 0.113. The number of nitrogens with one attached hydrogen (secondary N) is 2. The number of ketones is 1. The first-order valence-electron chi connectivity index (χ1n) is 13.8. The van der Waals surface area contributed by atoms with Crippen LogP contribution in [0, 0.1) is 11.7 Å². The number of aliphatic hydroxyl groups excluding tert-OH is 1. The number of esters is 1. The van der Waals surface area contributed by atoms with Crippen molar-refractivity contribution in [1.82, 2.24) is 25.5 Å². The summed E-state index contributed by atoms with van der Waals surface area (Å²) in [4.78, 5) is 61.3. The maximum atomic E-state index is 14.3. The van der Waals surface area contributed by atoms with Crippen LogP contribution >= 0.6 is 11.6 Å². The van der Waals surface area contributed by atoms with Gasteiger partial charge in [-0.3, -0.25) is 15.0 Å². The number of aliphatic carboxylic acids is 1. The van der Waals surface area contributed by atoms with E-state index in [9.17, 15) is 38.6 Å². The first kappa shape index (κ1) is 35.6. The number of halogens is 2. The molecule has 1 aromatic heterocycles. The number of benzene rings is 2. The molecular weight excluding hydrogens is 629 g/mol. The molecule has 2 aromatic carbocycles. The summed E-state index contributed by atoms with van der Waals surface area (Å²) < 4.78 is 25.1. The number of carbonyl (C=O) groups is 5.